The fourth-order valence-electron chi connectivity index (χ4n) is 2.50. The van der Waals surface area contributed by atoms with Crippen molar-refractivity contribution in [3.05, 3.63) is 80.1 Å². The van der Waals surface area contributed by atoms with Gasteiger partial charge in [-0.3, -0.25) is 4.79 Å². The number of benzene rings is 2. The first kappa shape index (κ1) is 20.5. The molecule has 1 N–H and O–H groups in total. The zero-order valence-electron chi connectivity index (χ0n) is 14.7. The van der Waals surface area contributed by atoms with Crippen LogP contribution in [-0.4, -0.2) is 19.0 Å². The molecule has 0 bridgehead atoms. The van der Waals surface area contributed by atoms with Gasteiger partial charge >= 0.3 is 5.97 Å². The van der Waals surface area contributed by atoms with Crippen LogP contribution in [0.25, 0.3) is 17.2 Å². The molecule has 0 unspecified atom stereocenters. The molecule has 7 heteroatoms. The second-order valence-corrected chi connectivity index (χ2v) is 8.44. The molecule has 4 nitrogen and oxygen atoms in total. The molecule has 0 aliphatic heterocycles. The van der Waals surface area contributed by atoms with Crippen LogP contribution in [0.2, 0.25) is 0 Å². The Morgan fingerprint density at radius 3 is 2.21 bits per heavy atom. The summed E-state index contributed by atoms with van der Waals surface area (Å²) in [5.74, 6) is -0.816. The number of anilines is 1. The van der Waals surface area contributed by atoms with Crippen molar-refractivity contribution in [3.63, 3.8) is 0 Å². The lowest BCUT2D eigenvalue weighted by atomic mass is 10.0. The maximum Gasteiger partial charge on any atom is 0.341 e. The average molecular weight is 521 g/mol. The Bertz CT molecular complexity index is 1020. The Balaban J connectivity index is 1.85. The van der Waals surface area contributed by atoms with Gasteiger partial charge in [0.05, 0.1) is 7.11 Å². The van der Waals surface area contributed by atoms with E-state index in [1.165, 1.54) is 24.5 Å². The second-order valence-electron chi connectivity index (χ2n) is 5.73. The molecule has 0 aliphatic rings. The first-order chi connectivity index (χ1) is 13.5. The normalized spacial score (nSPS) is 10.8. The minimum Gasteiger partial charge on any atom is -0.465 e. The summed E-state index contributed by atoms with van der Waals surface area (Å²) in [7, 11) is 1.32. The standard InChI is InChI=1S/C21H15Br2NO3S/c1-27-21(26)19-17(14-5-9-16(23)10-6-14)12-28-20(19)24-18(25)11-4-13-2-7-15(22)8-3-13/h2-12H,1H3,(H,24,25)/b11-4+. The van der Waals surface area contributed by atoms with Gasteiger partial charge < -0.3 is 10.1 Å². The van der Waals surface area contributed by atoms with E-state index in [2.05, 4.69) is 37.2 Å². The number of amides is 1. The topological polar surface area (TPSA) is 55.4 Å². The number of carbonyl (C=O) groups is 2. The third-order valence-corrected chi connectivity index (χ3v) is 5.82. The Labute approximate surface area is 183 Å². The molecule has 1 aromatic heterocycles. The highest BCUT2D eigenvalue weighted by Crippen LogP contribution is 2.36. The van der Waals surface area contributed by atoms with Crippen LogP contribution in [0.4, 0.5) is 5.00 Å². The lowest BCUT2D eigenvalue weighted by Crippen LogP contribution is -2.11. The molecule has 0 atom stereocenters. The van der Waals surface area contributed by atoms with E-state index in [0.29, 0.717) is 10.6 Å². The fourth-order valence-corrected chi connectivity index (χ4v) is 3.98. The third kappa shape index (κ3) is 4.98. The lowest BCUT2D eigenvalue weighted by molar-refractivity contribution is -0.111. The van der Waals surface area contributed by atoms with E-state index < -0.39 is 5.97 Å². The molecule has 3 aromatic rings. The Hall–Kier alpha value is -2.22. The number of hydrogen-bond donors (Lipinski definition) is 1. The zero-order valence-corrected chi connectivity index (χ0v) is 18.7. The quantitative estimate of drug-likeness (QED) is 0.313. The molecule has 0 saturated heterocycles. The van der Waals surface area contributed by atoms with E-state index in [1.807, 2.05) is 53.9 Å². The van der Waals surface area contributed by atoms with Crippen molar-refractivity contribution in [1.29, 1.82) is 0 Å². The highest BCUT2D eigenvalue weighted by atomic mass is 79.9. The number of rotatable bonds is 5. The number of methoxy groups -OCH3 is 1. The van der Waals surface area contributed by atoms with Crippen molar-refractivity contribution in [2.24, 2.45) is 0 Å². The highest BCUT2D eigenvalue weighted by Gasteiger charge is 2.21. The van der Waals surface area contributed by atoms with Crippen molar-refractivity contribution in [3.8, 4) is 11.1 Å². The van der Waals surface area contributed by atoms with Gasteiger partial charge in [0.1, 0.15) is 10.6 Å². The highest BCUT2D eigenvalue weighted by molar-refractivity contribution is 9.10. The summed E-state index contributed by atoms with van der Waals surface area (Å²) >= 11 is 8.06. The van der Waals surface area contributed by atoms with E-state index in [1.54, 1.807) is 6.08 Å². The summed E-state index contributed by atoms with van der Waals surface area (Å²) in [6.07, 6.45) is 3.14. The number of ether oxygens (including phenoxy) is 1. The van der Waals surface area contributed by atoms with Gasteiger partial charge in [-0.2, -0.15) is 0 Å². The zero-order chi connectivity index (χ0) is 20.1. The van der Waals surface area contributed by atoms with Gasteiger partial charge in [-0.25, -0.2) is 4.79 Å². The smallest absolute Gasteiger partial charge is 0.341 e. The summed E-state index contributed by atoms with van der Waals surface area (Å²) in [6, 6.07) is 15.2. The van der Waals surface area contributed by atoms with Gasteiger partial charge in [0.2, 0.25) is 5.91 Å². The molecule has 0 fully saturated rings. The maximum atomic E-state index is 12.4. The molecular weight excluding hydrogens is 506 g/mol. The number of halogens is 2. The maximum absolute atomic E-state index is 12.4. The van der Waals surface area contributed by atoms with Gasteiger partial charge in [-0.05, 0) is 41.5 Å². The molecule has 3 rings (SSSR count). The van der Waals surface area contributed by atoms with Gasteiger partial charge in [0.15, 0.2) is 0 Å². The van der Waals surface area contributed by atoms with Crippen LogP contribution in [0.15, 0.2) is 68.9 Å². The van der Waals surface area contributed by atoms with E-state index in [-0.39, 0.29) is 5.91 Å². The van der Waals surface area contributed by atoms with Crippen LogP contribution in [0.5, 0.6) is 0 Å². The number of nitrogens with one attached hydrogen (secondary N) is 1. The molecule has 0 aliphatic carbocycles. The SMILES string of the molecule is COC(=O)c1c(-c2ccc(Br)cc2)csc1NC(=O)/C=C/c1ccc(Br)cc1. The fraction of sp³-hybridized carbons (Fsp3) is 0.0476. The van der Waals surface area contributed by atoms with Crippen LogP contribution < -0.4 is 5.32 Å². The van der Waals surface area contributed by atoms with Crippen molar-refractivity contribution < 1.29 is 14.3 Å². The molecule has 28 heavy (non-hydrogen) atoms. The van der Waals surface area contributed by atoms with E-state index in [4.69, 9.17) is 4.74 Å². The van der Waals surface area contributed by atoms with Crippen LogP contribution in [0, 0.1) is 0 Å². The molecule has 142 valence electrons. The number of carbonyl (C=O) groups excluding carboxylic acids is 2. The Morgan fingerprint density at radius 2 is 1.61 bits per heavy atom. The summed E-state index contributed by atoms with van der Waals surface area (Å²) in [5, 5.41) is 5.07. The van der Waals surface area contributed by atoms with Crippen molar-refractivity contribution >= 4 is 66.2 Å². The van der Waals surface area contributed by atoms with E-state index in [0.717, 1.165) is 25.6 Å². The average Bonchev–Trinajstić information content (AvgIpc) is 3.11. The van der Waals surface area contributed by atoms with Gasteiger partial charge in [-0.15, -0.1) is 11.3 Å². The predicted molar refractivity (Wildman–Crippen MR) is 121 cm³/mol. The number of esters is 1. The first-order valence-corrected chi connectivity index (χ1v) is 10.6. The molecule has 0 radical (unpaired) electrons. The summed E-state index contributed by atoms with van der Waals surface area (Å²) in [4.78, 5) is 24.7. The van der Waals surface area contributed by atoms with Crippen LogP contribution >= 0.6 is 43.2 Å². The Kier molecular flexibility index (Phi) is 6.83. The van der Waals surface area contributed by atoms with Crippen LogP contribution in [0.3, 0.4) is 0 Å². The molecule has 1 amide bonds. The van der Waals surface area contributed by atoms with E-state index in [9.17, 15) is 9.59 Å². The van der Waals surface area contributed by atoms with Crippen LogP contribution in [-0.2, 0) is 9.53 Å². The lowest BCUT2D eigenvalue weighted by Gasteiger charge is -2.07. The molecule has 2 aromatic carbocycles. The van der Waals surface area contributed by atoms with Gasteiger partial charge in [-0.1, -0.05) is 56.1 Å². The molecular formula is C21H15Br2NO3S. The van der Waals surface area contributed by atoms with Crippen LogP contribution in [0.1, 0.15) is 15.9 Å². The summed E-state index contributed by atoms with van der Waals surface area (Å²) in [5.41, 5.74) is 2.83. The first-order valence-electron chi connectivity index (χ1n) is 8.18. The summed E-state index contributed by atoms with van der Waals surface area (Å²) < 4.78 is 6.84. The van der Waals surface area contributed by atoms with Crippen molar-refractivity contribution in [2.45, 2.75) is 0 Å². The predicted octanol–water partition coefficient (Wildman–Crippen LogP) is 6.38. The third-order valence-electron chi connectivity index (χ3n) is 3.87. The summed E-state index contributed by atoms with van der Waals surface area (Å²) in [6.45, 7) is 0. The minimum absolute atomic E-state index is 0.322. The van der Waals surface area contributed by atoms with Gasteiger partial charge in [0, 0.05) is 26.0 Å². The second kappa shape index (κ2) is 9.32. The molecule has 0 saturated carbocycles. The monoisotopic (exact) mass is 519 g/mol. The van der Waals surface area contributed by atoms with Crippen molar-refractivity contribution in [1.82, 2.24) is 0 Å². The Morgan fingerprint density at radius 1 is 1.00 bits per heavy atom. The van der Waals surface area contributed by atoms with E-state index >= 15 is 0 Å². The number of thiophene rings is 1. The molecule has 0 spiro atoms. The van der Waals surface area contributed by atoms with Crippen molar-refractivity contribution in [2.75, 3.05) is 12.4 Å². The molecule has 1 heterocycles. The number of hydrogen-bond acceptors (Lipinski definition) is 4. The van der Waals surface area contributed by atoms with Gasteiger partial charge in [0.25, 0.3) is 0 Å². The minimum atomic E-state index is -0.494. The largest absolute Gasteiger partial charge is 0.465 e.